The summed E-state index contributed by atoms with van der Waals surface area (Å²) < 4.78 is 24.8. The Morgan fingerprint density at radius 2 is 1.72 bits per heavy atom. The molecule has 0 bridgehead atoms. The molecule has 3 saturated heterocycles. The fourth-order valence-electron chi connectivity index (χ4n) is 11.3. The van der Waals surface area contributed by atoms with Crippen LogP contribution in [0.5, 0.6) is 0 Å². The average Bonchev–Trinajstić information content (AvgIpc) is 3.40. The quantitative estimate of drug-likeness (QED) is 0.259. The highest BCUT2D eigenvalue weighted by Crippen LogP contribution is 2.70. The van der Waals surface area contributed by atoms with Crippen LogP contribution in [-0.2, 0) is 18.9 Å². The second-order valence-corrected chi connectivity index (χ2v) is 15.7. The molecule has 6 fully saturated rings. The first-order chi connectivity index (χ1) is 20.4. The SMILES string of the molecule is C[C@H]1CO[C@@]2(OC3[C@H]([C@@H]2C)[C@@]2(C)CC[C@H]4[C@@H](CC=C5C[C@@H](O[C@@H]6O[C@H](CO)[C@H](O)[C@H](O)[C@H]6O)CC[C@@]54C)[C@@H]2[C@H]3O)[C@@H](O)C1. The van der Waals surface area contributed by atoms with E-state index < -0.39 is 55.3 Å². The molecule has 10 heteroatoms. The predicted molar refractivity (Wildman–Crippen MR) is 153 cm³/mol. The van der Waals surface area contributed by atoms with Crippen LogP contribution in [0.2, 0.25) is 0 Å². The molecule has 1 spiro atoms. The Hall–Kier alpha value is -0.660. The van der Waals surface area contributed by atoms with Gasteiger partial charge in [-0.2, -0.15) is 0 Å². The van der Waals surface area contributed by atoms with Gasteiger partial charge in [-0.05, 0) is 79.4 Å². The van der Waals surface area contributed by atoms with E-state index in [2.05, 4.69) is 33.8 Å². The van der Waals surface area contributed by atoms with Gasteiger partial charge >= 0.3 is 0 Å². The van der Waals surface area contributed by atoms with Gasteiger partial charge in [0.05, 0.1) is 31.5 Å². The molecule has 6 N–H and O–H groups in total. The van der Waals surface area contributed by atoms with Gasteiger partial charge in [-0.25, -0.2) is 0 Å². The predicted octanol–water partition coefficient (Wildman–Crippen LogP) is 1.48. The van der Waals surface area contributed by atoms with Crippen molar-refractivity contribution in [2.75, 3.05) is 13.2 Å². The summed E-state index contributed by atoms with van der Waals surface area (Å²) in [6.45, 7) is 9.05. The van der Waals surface area contributed by atoms with E-state index in [9.17, 15) is 30.6 Å². The van der Waals surface area contributed by atoms with Gasteiger partial charge in [0.25, 0.3) is 0 Å². The van der Waals surface area contributed by atoms with Crippen LogP contribution in [0.15, 0.2) is 11.6 Å². The second-order valence-electron chi connectivity index (χ2n) is 15.7. The lowest BCUT2D eigenvalue weighted by atomic mass is 9.46. The third-order valence-electron chi connectivity index (χ3n) is 13.5. The molecular formula is C33H52O10. The highest BCUT2D eigenvalue weighted by atomic mass is 16.7. The normalized spacial score (nSPS) is 59.7. The fraction of sp³-hybridized carbons (Fsp3) is 0.939. The zero-order chi connectivity index (χ0) is 30.6. The van der Waals surface area contributed by atoms with E-state index in [1.165, 1.54) is 5.57 Å². The minimum absolute atomic E-state index is 0.0125. The Bertz CT molecular complexity index is 1100. The van der Waals surface area contributed by atoms with Crippen LogP contribution in [-0.4, -0.2) is 105 Å². The third kappa shape index (κ3) is 4.35. The van der Waals surface area contributed by atoms with Crippen molar-refractivity contribution in [1.29, 1.82) is 0 Å². The number of rotatable bonds is 3. The zero-order valence-corrected chi connectivity index (χ0v) is 25.9. The minimum Gasteiger partial charge on any atom is -0.394 e. The van der Waals surface area contributed by atoms with E-state index in [-0.39, 0.29) is 46.7 Å². The summed E-state index contributed by atoms with van der Waals surface area (Å²) in [5.74, 6) is 0.229. The molecule has 7 aliphatic rings. The Morgan fingerprint density at radius 3 is 2.44 bits per heavy atom. The van der Waals surface area contributed by atoms with Gasteiger partial charge in [-0.15, -0.1) is 0 Å². The first kappa shape index (κ1) is 31.0. The molecule has 0 aromatic heterocycles. The first-order valence-corrected chi connectivity index (χ1v) is 16.7. The van der Waals surface area contributed by atoms with Crippen molar-refractivity contribution in [3.8, 4) is 0 Å². The maximum atomic E-state index is 12.0. The minimum atomic E-state index is -1.45. The van der Waals surface area contributed by atoms with E-state index in [1.54, 1.807) is 0 Å². The highest BCUT2D eigenvalue weighted by Gasteiger charge is 2.73. The Labute approximate surface area is 254 Å². The topological polar surface area (TPSA) is 158 Å². The standard InChI is InChI=1S/C33H52O10/c1-15-11-22(35)33(40-14-15)16(2)23-29(43-33)26(37)24-19-6-5-17-12-18(7-9-31(17,3)20(19)8-10-32(23,24)4)41-30-28(39)27(38)25(36)21(13-34)42-30/h5,15-16,18-30,34-39H,6-14H2,1-4H3/t15-,16+,18+,19-,20+,21-,22+,23+,24-,25+,26-,27+,28-,29?,30-,31+,32-,33+/m1/s1. The van der Waals surface area contributed by atoms with Crippen LogP contribution < -0.4 is 0 Å². The molecule has 244 valence electrons. The first-order valence-electron chi connectivity index (χ1n) is 16.7. The molecule has 0 radical (unpaired) electrons. The van der Waals surface area contributed by atoms with Crippen molar-refractivity contribution in [3.63, 3.8) is 0 Å². The average molecular weight is 609 g/mol. The maximum Gasteiger partial charge on any atom is 0.197 e. The number of hydrogen-bond donors (Lipinski definition) is 6. The lowest BCUT2D eigenvalue weighted by Crippen LogP contribution is -2.60. The monoisotopic (exact) mass is 608 g/mol. The van der Waals surface area contributed by atoms with E-state index in [1.807, 2.05) is 0 Å². The molecule has 3 aliphatic heterocycles. The molecule has 18 atom stereocenters. The molecular weight excluding hydrogens is 556 g/mol. The molecule has 43 heavy (non-hydrogen) atoms. The van der Waals surface area contributed by atoms with Gasteiger partial charge in [0.2, 0.25) is 0 Å². The molecule has 1 unspecified atom stereocenters. The summed E-state index contributed by atoms with van der Waals surface area (Å²) in [5.41, 5.74) is 1.22. The van der Waals surface area contributed by atoms with Crippen molar-refractivity contribution < 1.29 is 49.6 Å². The van der Waals surface area contributed by atoms with Crippen molar-refractivity contribution in [2.45, 2.75) is 134 Å². The van der Waals surface area contributed by atoms with Crippen LogP contribution in [0.4, 0.5) is 0 Å². The highest BCUT2D eigenvalue weighted by molar-refractivity contribution is 5.27. The van der Waals surface area contributed by atoms with Crippen LogP contribution >= 0.6 is 0 Å². The molecule has 7 rings (SSSR count). The largest absolute Gasteiger partial charge is 0.394 e. The van der Waals surface area contributed by atoms with Crippen molar-refractivity contribution in [3.05, 3.63) is 11.6 Å². The Balaban J connectivity index is 1.08. The van der Waals surface area contributed by atoms with E-state index in [0.29, 0.717) is 31.3 Å². The van der Waals surface area contributed by atoms with Gasteiger partial charge in [0.1, 0.15) is 30.5 Å². The van der Waals surface area contributed by atoms with Crippen LogP contribution in [0.1, 0.15) is 72.6 Å². The molecule has 0 aromatic rings. The number of allylic oxidation sites excluding steroid dienone is 1. The number of fused-ring (bicyclic) bond motifs is 7. The third-order valence-corrected chi connectivity index (χ3v) is 13.5. The summed E-state index contributed by atoms with van der Waals surface area (Å²) in [4.78, 5) is 0. The summed E-state index contributed by atoms with van der Waals surface area (Å²) in [7, 11) is 0. The summed E-state index contributed by atoms with van der Waals surface area (Å²) in [6, 6.07) is 0. The Kier molecular flexibility index (Phi) is 7.70. The van der Waals surface area contributed by atoms with Crippen molar-refractivity contribution in [1.82, 2.24) is 0 Å². The molecule has 10 nitrogen and oxygen atoms in total. The number of aliphatic hydroxyl groups is 6. The molecule has 3 saturated carbocycles. The lowest BCUT2D eigenvalue weighted by Gasteiger charge is -2.59. The maximum absolute atomic E-state index is 12.0. The smallest absolute Gasteiger partial charge is 0.197 e. The van der Waals surface area contributed by atoms with Gasteiger partial charge in [0, 0.05) is 11.8 Å². The zero-order valence-electron chi connectivity index (χ0n) is 25.9. The van der Waals surface area contributed by atoms with Crippen molar-refractivity contribution in [2.24, 2.45) is 46.3 Å². The van der Waals surface area contributed by atoms with Gasteiger partial charge in [0.15, 0.2) is 12.1 Å². The molecule has 4 aliphatic carbocycles. The molecule has 0 aromatic carbocycles. The molecule has 3 heterocycles. The Morgan fingerprint density at radius 1 is 0.953 bits per heavy atom. The summed E-state index contributed by atoms with van der Waals surface area (Å²) in [6.07, 6.45) is 0.111. The van der Waals surface area contributed by atoms with Crippen LogP contribution in [0, 0.1) is 46.3 Å². The number of hydrogen-bond acceptors (Lipinski definition) is 10. The number of ether oxygens (including phenoxy) is 4. The van der Waals surface area contributed by atoms with E-state index in [4.69, 9.17) is 18.9 Å². The number of aliphatic hydroxyl groups excluding tert-OH is 6. The van der Waals surface area contributed by atoms with E-state index >= 15 is 0 Å². The van der Waals surface area contributed by atoms with Crippen LogP contribution in [0.3, 0.4) is 0 Å². The van der Waals surface area contributed by atoms with Gasteiger partial charge in [-0.1, -0.05) is 39.3 Å². The van der Waals surface area contributed by atoms with Crippen molar-refractivity contribution >= 4 is 0 Å². The summed E-state index contributed by atoms with van der Waals surface area (Å²) >= 11 is 0. The second kappa shape index (κ2) is 10.7. The van der Waals surface area contributed by atoms with Gasteiger partial charge < -0.3 is 49.6 Å². The van der Waals surface area contributed by atoms with Gasteiger partial charge in [-0.3, -0.25) is 0 Å². The fourth-order valence-corrected chi connectivity index (χ4v) is 11.3. The molecule has 0 amide bonds. The van der Waals surface area contributed by atoms with Crippen LogP contribution in [0.25, 0.3) is 0 Å². The van der Waals surface area contributed by atoms with E-state index in [0.717, 1.165) is 32.1 Å². The lowest BCUT2D eigenvalue weighted by molar-refractivity contribution is -0.322. The summed E-state index contributed by atoms with van der Waals surface area (Å²) in [5, 5.41) is 63.5.